The van der Waals surface area contributed by atoms with Crippen molar-refractivity contribution in [3.05, 3.63) is 18.0 Å². The second kappa shape index (κ2) is 7.76. The molecule has 2 unspecified atom stereocenters. The Morgan fingerprint density at radius 2 is 2.30 bits per heavy atom. The van der Waals surface area contributed by atoms with Gasteiger partial charge in [0.05, 0.1) is 24.4 Å². The Kier molecular flexibility index (Phi) is 6.01. The summed E-state index contributed by atoms with van der Waals surface area (Å²) in [5, 5.41) is 8.10. The third-order valence-corrected chi connectivity index (χ3v) is 3.79. The van der Waals surface area contributed by atoms with Crippen molar-refractivity contribution in [2.45, 2.75) is 45.4 Å². The minimum Gasteiger partial charge on any atom is -0.374 e. The van der Waals surface area contributed by atoms with Gasteiger partial charge in [-0.1, -0.05) is 13.8 Å². The van der Waals surface area contributed by atoms with Crippen molar-refractivity contribution in [3.8, 4) is 0 Å². The monoisotopic (exact) mass is 280 g/mol. The molecule has 2 atom stereocenters. The lowest BCUT2D eigenvalue weighted by Crippen LogP contribution is -2.47. The number of nitrogens with zero attached hydrogens (tertiary/aromatic N) is 3. The van der Waals surface area contributed by atoms with E-state index in [1.807, 2.05) is 6.20 Å². The highest BCUT2D eigenvalue weighted by Gasteiger charge is 2.29. The number of hydrogen-bond acceptors (Lipinski definition) is 4. The van der Waals surface area contributed by atoms with Gasteiger partial charge in [0.1, 0.15) is 0 Å². The van der Waals surface area contributed by atoms with E-state index >= 15 is 0 Å². The highest BCUT2D eigenvalue weighted by molar-refractivity contribution is 5.10. The molecule has 1 fully saturated rings. The summed E-state index contributed by atoms with van der Waals surface area (Å²) in [5.41, 5.74) is 1.25. The Morgan fingerprint density at radius 3 is 3.00 bits per heavy atom. The molecule has 1 aliphatic heterocycles. The molecule has 1 aromatic heterocycles. The Labute approximate surface area is 122 Å². The van der Waals surface area contributed by atoms with Crippen molar-refractivity contribution in [1.29, 1.82) is 0 Å². The van der Waals surface area contributed by atoms with Crippen LogP contribution in [0.1, 0.15) is 38.4 Å². The smallest absolute Gasteiger partial charge is 0.0912 e. The summed E-state index contributed by atoms with van der Waals surface area (Å²) >= 11 is 0. The first-order valence-electron chi connectivity index (χ1n) is 7.81. The predicted molar refractivity (Wildman–Crippen MR) is 80.8 cm³/mol. The molecule has 5 heteroatoms. The number of aryl methyl sites for hydroxylation is 1. The van der Waals surface area contributed by atoms with Crippen LogP contribution in [0.2, 0.25) is 0 Å². The molecule has 20 heavy (non-hydrogen) atoms. The third kappa shape index (κ3) is 3.81. The van der Waals surface area contributed by atoms with Crippen molar-refractivity contribution < 1.29 is 4.74 Å². The number of ether oxygens (including phenoxy) is 1. The van der Waals surface area contributed by atoms with E-state index in [0.717, 1.165) is 45.6 Å². The summed E-state index contributed by atoms with van der Waals surface area (Å²) in [6.07, 6.45) is 4.33. The Bertz CT molecular complexity index is 393. The minimum atomic E-state index is 0.201. The molecule has 0 aliphatic carbocycles. The van der Waals surface area contributed by atoms with Gasteiger partial charge in [-0.2, -0.15) is 5.10 Å². The van der Waals surface area contributed by atoms with Crippen LogP contribution in [0.5, 0.6) is 0 Å². The van der Waals surface area contributed by atoms with Gasteiger partial charge in [-0.3, -0.25) is 4.68 Å². The summed E-state index contributed by atoms with van der Waals surface area (Å²) in [4.78, 5) is 2.34. The summed E-state index contributed by atoms with van der Waals surface area (Å²) in [6, 6.07) is 2.35. The highest BCUT2D eigenvalue weighted by atomic mass is 16.5. The van der Waals surface area contributed by atoms with Crippen LogP contribution in [-0.2, 0) is 11.3 Å². The van der Waals surface area contributed by atoms with E-state index in [2.05, 4.69) is 47.0 Å². The van der Waals surface area contributed by atoms with Gasteiger partial charge in [0.2, 0.25) is 0 Å². The number of morpholine rings is 1. The molecule has 1 aliphatic rings. The second-order valence-corrected chi connectivity index (χ2v) is 5.58. The molecule has 2 heterocycles. The van der Waals surface area contributed by atoms with Gasteiger partial charge < -0.3 is 15.0 Å². The maximum absolute atomic E-state index is 6.02. The first-order valence-corrected chi connectivity index (χ1v) is 7.81. The first-order chi connectivity index (χ1) is 9.76. The van der Waals surface area contributed by atoms with E-state index in [0.29, 0.717) is 0 Å². The molecule has 0 radical (unpaired) electrons. The molecule has 1 aromatic rings. The van der Waals surface area contributed by atoms with Crippen LogP contribution in [-0.4, -0.2) is 54.1 Å². The number of aromatic nitrogens is 2. The molecule has 0 amide bonds. The number of likely N-dealkylation sites (N-methyl/N-ethyl adjacent to an activating group) is 1. The molecule has 1 saturated heterocycles. The quantitative estimate of drug-likeness (QED) is 0.825. The molecule has 0 spiro atoms. The number of hydrogen-bond donors (Lipinski definition) is 1. The maximum Gasteiger partial charge on any atom is 0.0912 e. The zero-order chi connectivity index (χ0) is 14.4. The van der Waals surface area contributed by atoms with Crippen LogP contribution < -0.4 is 5.32 Å². The fourth-order valence-corrected chi connectivity index (χ4v) is 2.74. The Hall–Kier alpha value is -0.910. The fraction of sp³-hybridized carbons (Fsp3) is 0.800. The van der Waals surface area contributed by atoms with Gasteiger partial charge in [0.15, 0.2) is 0 Å². The Morgan fingerprint density at radius 1 is 1.45 bits per heavy atom. The van der Waals surface area contributed by atoms with E-state index in [4.69, 9.17) is 4.74 Å². The standard InChI is InChI=1S/C15H28N4O/c1-4-7-16-15(14-12-18(3)10-11-20-14)13-6-8-17-19(13)9-5-2/h6,8,14-16H,4-5,7,9-12H2,1-3H3. The summed E-state index contributed by atoms with van der Waals surface area (Å²) in [5.74, 6) is 0. The van der Waals surface area contributed by atoms with Gasteiger partial charge in [-0.05, 0) is 32.5 Å². The van der Waals surface area contributed by atoms with Gasteiger partial charge in [0.25, 0.3) is 0 Å². The van der Waals surface area contributed by atoms with E-state index in [9.17, 15) is 0 Å². The molecular weight excluding hydrogens is 252 g/mol. The highest BCUT2D eigenvalue weighted by Crippen LogP contribution is 2.22. The predicted octanol–water partition coefficient (Wildman–Crippen LogP) is 1.66. The van der Waals surface area contributed by atoms with Gasteiger partial charge in [-0.15, -0.1) is 0 Å². The van der Waals surface area contributed by atoms with E-state index in [-0.39, 0.29) is 12.1 Å². The first kappa shape index (κ1) is 15.5. The van der Waals surface area contributed by atoms with Crippen LogP contribution >= 0.6 is 0 Å². The van der Waals surface area contributed by atoms with E-state index < -0.39 is 0 Å². The van der Waals surface area contributed by atoms with Gasteiger partial charge in [-0.25, -0.2) is 0 Å². The SMILES string of the molecule is CCCNC(c1ccnn1CCC)C1CN(C)CCO1. The maximum atomic E-state index is 6.02. The summed E-state index contributed by atoms with van der Waals surface area (Å²) < 4.78 is 8.14. The van der Waals surface area contributed by atoms with E-state index in [1.54, 1.807) is 0 Å². The van der Waals surface area contributed by atoms with Crippen LogP contribution in [0.25, 0.3) is 0 Å². The molecular formula is C15H28N4O. The Balaban J connectivity index is 2.15. The molecule has 114 valence electrons. The van der Waals surface area contributed by atoms with Crippen molar-refractivity contribution in [3.63, 3.8) is 0 Å². The van der Waals surface area contributed by atoms with Crippen LogP contribution in [0.15, 0.2) is 12.3 Å². The van der Waals surface area contributed by atoms with Gasteiger partial charge >= 0.3 is 0 Å². The van der Waals surface area contributed by atoms with E-state index in [1.165, 1.54) is 5.69 Å². The molecule has 2 rings (SSSR count). The largest absolute Gasteiger partial charge is 0.374 e. The molecule has 0 bridgehead atoms. The van der Waals surface area contributed by atoms with Crippen molar-refractivity contribution >= 4 is 0 Å². The van der Waals surface area contributed by atoms with Crippen molar-refractivity contribution in [2.24, 2.45) is 0 Å². The van der Waals surface area contributed by atoms with Crippen LogP contribution in [0.3, 0.4) is 0 Å². The molecule has 0 aromatic carbocycles. The average Bonchev–Trinajstić information content (AvgIpc) is 2.88. The fourth-order valence-electron chi connectivity index (χ4n) is 2.74. The molecule has 1 N–H and O–H groups in total. The van der Waals surface area contributed by atoms with Crippen molar-refractivity contribution in [1.82, 2.24) is 20.0 Å². The van der Waals surface area contributed by atoms with Gasteiger partial charge in [0, 0.05) is 25.8 Å². The summed E-state index contributed by atoms with van der Waals surface area (Å²) in [7, 11) is 2.16. The molecule has 5 nitrogen and oxygen atoms in total. The summed E-state index contributed by atoms with van der Waals surface area (Å²) in [6.45, 7) is 9.16. The minimum absolute atomic E-state index is 0.201. The number of rotatable bonds is 7. The zero-order valence-electron chi connectivity index (χ0n) is 13.0. The average molecular weight is 280 g/mol. The van der Waals surface area contributed by atoms with Crippen molar-refractivity contribution in [2.75, 3.05) is 33.3 Å². The normalized spacial score (nSPS) is 22.1. The van der Waals surface area contributed by atoms with Crippen LogP contribution in [0, 0.1) is 0 Å². The number of nitrogens with one attached hydrogen (secondary N) is 1. The zero-order valence-corrected chi connectivity index (χ0v) is 13.0. The third-order valence-electron chi connectivity index (χ3n) is 3.79. The topological polar surface area (TPSA) is 42.3 Å². The lowest BCUT2D eigenvalue weighted by molar-refractivity contribution is -0.0406. The molecule has 0 saturated carbocycles. The van der Waals surface area contributed by atoms with Crippen LogP contribution in [0.4, 0.5) is 0 Å². The second-order valence-electron chi connectivity index (χ2n) is 5.58. The lowest BCUT2D eigenvalue weighted by atomic mass is 10.1. The lowest BCUT2D eigenvalue weighted by Gasteiger charge is -2.35.